The van der Waals surface area contributed by atoms with Crippen molar-refractivity contribution in [3.8, 4) is 0 Å². The minimum absolute atomic E-state index is 0.245. The van der Waals surface area contributed by atoms with Gasteiger partial charge in [-0.2, -0.15) is 0 Å². The molecule has 0 amide bonds. The fourth-order valence-corrected chi connectivity index (χ4v) is 2.03. The molecular formula is C13H27NO2. The van der Waals surface area contributed by atoms with E-state index in [1.54, 1.807) is 0 Å². The van der Waals surface area contributed by atoms with E-state index >= 15 is 0 Å². The van der Waals surface area contributed by atoms with Crippen LogP contribution >= 0.6 is 0 Å². The fourth-order valence-electron chi connectivity index (χ4n) is 2.03. The van der Waals surface area contributed by atoms with Crippen molar-refractivity contribution in [3.63, 3.8) is 0 Å². The summed E-state index contributed by atoms with van der Waals surface area (Å²) < 4.78 is 11.3. The third-order valence-electron chi connectivity index (χ3n) is 3.30. The molecule has 0 radical (unpaired) electrons. The minimum atomic E-state index is 0.245. The molecule has 0 bridgehead atoms. The van der Waals surface area contributed by atoms with Gasteiger partial charge in [-0.25, -0.2) is 0 Å². The molecular weight excluding hydrogens is 202 g/mol. The van der Waals surface area contributed by atoms with E-state index in [9.17, 15) is 0 Å². The Morgan fingerprint density at radius 1 is 1.31 bits per heavy atom. The van der Waals surface area contributed by atoms with Gasteiger partial charge in [-0.1, -0.05) is 27.2 Å². The Bertz CT molecular complexity index is 169. The Kier molecular flexibility index (Phi) is 7.01. The highest BCUT2D eigenvalue weighted by atomic mass is 16.6. The molecule has 0 aromatic heterocycles. The van der Waals surface area contributed by atoms with Gasteiger partial charge in [-0.15, -0.1) is 0 Å². The average Bonchev–Trinajstić information content (AvgIpc) is 2.35. The Hall–Kier alpha value is -0.120. The predicted molar refractivity (Wildman–Crippen MR) is 66.7 cm³/mol. The van der Waals surface area contributed by atoms with Gasteiger partial charge in [0, 0.05) is 6.04 Å². The highest BCUT2D eigenvalue weighted by Crippen LogP contribution is 2.16. The summed E-state index contributed by atoms with van der Waals surface area (Å²) in [6.07, 6.45) is 3.83. The summed E-state index contributed by atoms with van der Waals surface area (Å²) in [5.41, 5.74) is 0. The van der Waals surface area contributed by atoms with Crippen molar-refractivity contribution in [3.05, 3.63) is 0 Å². The quantitative estimate of drug-likeness (QED) is 0.726. The van der Waals surface area contributed by atoms with E-state index in [4.69, 9.17) is 9.47 Å². The van der Waals surface area contributed by atoms with Crippen LogP contribution in [0.5, 0.6) is 0 Å². The summed E-state index contributed by atoms with van der Waals surface area (Å²) >= 11 is 0. The topological polar surface area (TPSA) is 30.5 Å². The van der Waals surface area contributed by atoms with Gasteiger partial charge in [0.2, 0.25) is 0 Å². The van der Waals surface area contributed by atoms with E-state index in [0.29, 0.717) is 6.04 Å². The third kappa shape index (κ3) is 4.81. The second-order valence-corrected chi connectivity index (χ2v) is 4.79. The minimum Gasteiger partial charge on any atom is -0.376 e. The van der Waals surface area contributed by atoms with Crippen molar-refractivity contribution in [1.29, 1.82) is 0 Å². The standard InChI is InChI=1S/C13H27NO2/c1-4-6-14-12(9-11(3)5-2)13-10-15-7-8-16-13/h11-14H,4-10H2,1-3H3. The SMILES string of the molecule is CCCNC(CC(C)CC)C1COCCO1. The Balaban J connectivity index is 2.40. The van der Waals surface area contributed by atoms with Gasteiger partial charge < -0.3 is 14.8 Å². The van der Waals surface area contributed by atoms with E-state index in [0.717, 1.165) is 32.3 Å². The van der Waals surface area contributed by atoms with Gasteiger partial charge in [0.1, 0.15) is 0 Å². The largest absolute Gasteiger partial charge is 0.376 e. The molecule has 1 aliphatic rings. The maximum Gasteiger partial charge on any atom is 0.0962 e. The molecule has 3 nitrogen and oxygen atoms in total. The van der Waals surface area contributed by atoms with Crippen LogP contribution in [0.3, 0.4) is 0 Å². The van der Waals surface area contributed by atoms with Crippen LogP contribution in [0.2, 0.25) is 0 Å². The molecule has 1 N–H and O–H groups in total. The molecule has 3 unspecified atom stereocenters. The van der Waals surface area contributed by atoms with E-state index in [-0.39, 0.29) is 6.10 Å². The first kappa shape index (κ1) is 13.9. The van der Waals surface area contributed by atoms with Crippen molar-refractivity contribution < 1.29 is 9.47 Å². The molecule has 3 atom stereocenters. The lowest BCUT2D eigenvalue weighted by Crippen LogP contribution is -2.47. The first-order valence-electron chi connectivity index (χ1n) is 6.70. The van der Waals surface area contributed by atoms with E-state index in [1.807, 2.05) is 0 Å². The van der Waals surface area contributed by atoms with Gasteiger partial charge in [0.15, 0.2) is 0 Å². The van der Waals surface area contributed by atoms with Gasteiger partial charge in [-0.3, -0.25) is 0 Å². The second kappa shape index (κ2) is 8.04. The zero-order valence-corrected chi connectivity index (χ0v) is 11.0. The van der Waals surface area contributed by atoms with Crippen LogP contribution in [-0.4, -0.2) is 38.5 Å². The molecule has 0 aromatic rings. The van der Waals surface area contributed by atoms with Gasteiger partial charge >= 0.3 is 0 Å². The van der Waals surface area contributed by atoms with Gasteiger partial charge in [0.05, 0.1) is 25.9 Å². The van der Waals surface area contributed by atoms with Crippen LogP contribution in [0, 0.1) is 5.92 Å². The summed E-state index contributed by atoms with van der Waals surface area (Å²) in [6, 6.07) is 0.454. The molecule has 3 heteroatoms. The monoisotopic (exact) mass is 229 g/mol. The second-order valence-electron chi connectivity index (χ2n) is 4.79. The van der Waals surface area contributed by atoms with E-state index < -0.39 is 0 Å². The van der Waals surface area contributed by atoms with Crippen molar-refractivity contribution in [2.24, 2.45) is 5.92 Å². The zero-order chi connectivity index (χ0) is 11.8. The fraction of sp³-hybridized carbons (Fsp3) is 1.00. The zero-order valence-electron chi connectivity index (χ0n) is 11.0. The molecule has 0 saturated carbocycles. The van der Waals surface area contributed by atoms with Crippen LogP contribution < -0.4 is 5.32 Å². The maximum atomic E-state index is 5.80. The molecule has 0 aliphatic carbocycles. The predicted octanol–water partition coefficient (Wildman–Crippen LogP) is 2.21. The molecule has 0 aromatic carbocycles. The highest BCUT2D eigenvalue weighted by molar-refractivity contribution is 4.80. The lowest BCUT2D eigenvalue weighted by atomic mass is 9.95. The Labute approximate surface area is 99.9 Å². The first-order valence-corrected chi connectivity index (χ1v) is 6.70. The molecule has 96 valence electrons. The number of hydrogen-bond donors (Lipinski definition) is 1. The number of ether oxygens (including phenoxy) is 2. The van der Waals surface area contributed by atoms with Crippen LogP contribution in [0.15, 0.2) is 0 Å². The van der Waals surface area contributed by atoms with Crippen LogP contribution in [0.25, 0.3) is 0 Å². The average molecular weight is 229 g/mol. The molecule has 1 saturated heterocycles. The lowest BCUT2D eigenvalue weighted by Gasteiger charge is -2.32. The number of hydrogen-bond acceptors (Lipinski definition) is 3. The molecule has 1 rings (SSSR count). The van der Waals surface area contributed by atoms with E-state index in [2.05, 4.69) is 26.1 Å². The summed E-state index contributed by atoms with van der Waals surface area (Å²) in [7, 11) is 0. The van der Waals surface area contributed by atoms with Crippen LogP contribution in [0.1, 0.15) is 40.0 Å². The lowest BCUT2D eigenvalue weighted by molar-refractivity contribution is -0.104. The third-order valence-corrected chi connectivity index (χ3v) is 3.30. The molecule has 1 fully saturated rings. The molecule has 0 spiro atoms. The number of nitrogens with one attached hydrogen (secondary N) is 1. The maximum absolute atomic E-state index is 5.80. The first-order chi connectivity index (χ1) is 7.77. The summed E-state index contributed by atoms with van der Waals surface area (Å²) in [5.74, 6) is 0.750. The molecule has 1 heterocycles. The van der Waals surface area contributed by atoms with Gasteiger partial charge in [0.25, 0.3) is 0 Å². The number of rotatable bonds is 7. The summed E-state index contributed by atoms with van der Waals surface area (Å²) in [4.78, 5) is 0. The highest BCUT2D eigenvalue weighted by Gasteiger charge is 2.25. The van der Waals surface area contributed by atoms with Crippen LogP contribution in [-0.2, 0) is 9.47 Å². The smallest absolute Gasteiger partial charge is 0.0962 e. The van der Waals surface area contributed by atoms with E-state index in [1.165, 1.54) is 19.3 Å². The normalized spacial score (nSPS) is 25.3. The van der Waals surface area contributed by atoms with Gasteiger partial charge in [-0.05, 0) is 25.3 Å². The Morgan fingerprint density at radius 3 is 2.69 bits per heavy atom. The van der Waals surface area contributed by atoms with Crippen molar-refractivity contribution in [2.75, 3.05) is 26.4 Å². The van der Waals surface area contributed by atoms with Crippen molar-refractivity contribution in [2.45, 2.75) is 52.2 Å². The Morgan fingerprint density at radius 2 is 2.12 bits per heavy atom. The summed E-state index contributed by atoms with van der Waals surface area (Å²) in [5, 5.41) is 3.60. The molecule has 16 heavy (non-hydrogen) atoms. The van der Waals surface area contributed by atoms with Crippen molar-refractivity contribution >= 4 is 0 Å². The molecule has 1 aliphatic heterocycles. The van der Waals surface area contributed by atoms with Crippen LogP contribution in [0.4, 0.5) is 0 Å². The summed E-state index contributed by atoms with van der Waals surface area (Å²) in [6.45, 7) is 10.1. The van der Waals surface area contributed by atoms with Crippen molar-refractivity contribution in [1.82, 2.24) is 5.32 Å².